The van der Waals surface area contributed by atoms with Crippen molar-refractivity contribution in [2.75, 3.05) is 4.90 Å². The molecule has 0 radical (unpaired) electrons. The molecule has 0 bridgehead atoms. The average Bonchev–Trinajstić information content (AvgIpc) is 2.85. The van der Waals surface area contributed by atoms with Crippen LogP contribution < -0.4 is 4.90 Å². The van der Waals surface area contributed by atoms with Gasteiger partial charge in [0.05, 0.1) is 0 Å². The van der Waals surface area contributed by atoms with Gasteiger partial charge in [0.15, 0.2) is 5.78 Å². The minimum Gasteiger partial charge on any atom is -0.507 e. The van der Waals surface area contributed by atoms with Crippen LogP contribution in [0.3, 0.4) is 0 Å². The Balaban J connectivity index is 1.83. The number of benzene rings is 3. The summed E-state index contributed by atoms with van der Waals surface area (Å²) >= 11 is 0. The van der Waals surface area contributed by atoms with Gasteiger partial charge in [0, 0.05) is 40.4 Å². The number of carbonyl (C=O) groups is 1. The zero-order chi connectivity index (χ0) is 22.1. The minimum absolute atomic E-state index is 0.0373. The quantitative estimate of drug-likeness (QED) is 0.493. The molecule has 5 rings (SSSR count). The molecule has 1 heterocycles. The number of hydrogen-bond acceptors (Lipinski definition) is 3. The van der Waals surface area contributed by atoms with E-state index < -0.39 is 5.92 Å². The number of rotatable bonds is 3. The van der Waals surface area contributed by atoms with Crippen molar-refractivity contribution in [1.29, 1.82) is 5.41 Å². The molecule has 0 saturated carbocycles. The second-order valence-corrected chi connectivity index (χ2v) is 8.13. The molecular formula is C28H24N2O2. The fourth-order valence-corrected chi connectivity index (χ4v) is 4.78. The molecule has 1 atom stereocenters. The van der Waals surface area contributed by atoms with Crippen LogP contribution in [0.15, 0.2) is 108 Å². The van der Waals surface area contributed by atoms with Gasteiger partial charge in [-0.2, -0.15) is 0 Å². The normalized spacial score (nSPS) is 20.2. The lowest BCUT2D eigenvalue weighted by Crippen LogP contribution is -2.42. The van der Waals surface area contributed by atoms with Crippen LogP contribution in [0.2, 0.25) is 0 Å². The summed E-state index contributed by atoms with van der Waals surface area (Å²) in [7, 11) is 0. The molecule has 0 fully saturated rings. The van der Waals surface area contributed by atoms with Gasteiger partial charge in [0.25, 0.3) is 0 Å². The monoisotopic (exact) mass is 420 g/mol. The summed E-state index contributed by atoms with van der Waals surface area (Å²) < 4.78 is 0. The van der Waals surface area contributed by atoms with Gasteiger partial charge in [-0.1, -0.05) is 78.9 Å². The average molecular weight is 421 g/mol. The molecule has 2 N–H and O–H groups in total. The number of Topliss-reactive ketones (excluding diaryl/α,β-unsaturated/α-hetero) is 1. The largest absolute Gasteiger partial charge is 0.507 e. The number of aliphatic hydroxyl groups excluding tert-OH is 1. The standard InChI is InChI=1S/C28H24N2O2/c29-28-26(27(32)20-13-6-2-7-14-20)24(19-11-4-1-5-12-19)25-22(17-10-18-23(25)31)30(28)21-15-8-3-9-16-21/h1-9,11-16,24,29,32H,10,17-18H2/t24-/m1/s1. The summed E-state index contributed by atoms with van der Waals surface area (Å²) in [6, 6.07) is 28.7. The summed E-state index contributed by atoms with van der Waals surface area (Å²) in [4.78, 5) is 15.2. The van der Waals surface area contributed by atoms with Crippen LogP contribution in [0.1, 0.15) is 36.3 Å². The van der Waals surface area contributed by atoms with E-state index in [1.54, 1.807) is 0 Å². The van der Waals surface area contributed by atoms with Crippen molar-refractivity contribution in [3.05, 3.63) is 119 Å². The Morgan fingerprint density at radius 3 is 2.09 bits per heavy atom. The number of allylic oxidation sites excluding steroid dienone is 2. The van der Waals surface area contributed by atoms with Gasteiger partial charge < -0.3 is 5.11 Å². The first-order chi connectivity index (χ1) is 15.7. The Morgan fingerprint density at radius 2 is 1.44 bits per heavy atom. The molecule has 0 spiro atoms. The van der Waals surface area contributed by atoms with Crippen molar-refractivity contribution in [2.45, 2.75) is 25.2 Å². The van der Waals surface area contributed by atoms with Gasteiger partial charge >= 0.3 is 0 Å². The first-order valence-electron chi connectivity index (χ1n) is 10.9. The highest BCUT2D eigenvalue weighted by atomic mass is 16.3. The first-order valence-corrected chi connectivity index (χ1v) is 10.9. The van der Waals surface area contributed by atoms with E-state index in [1.807, 2.05) is 95.9 Å². The van der Waals surface area contributed by atoms with E-state index in [4.69, 9.17) is 0 Å². The second-order valence-electron chi connectivity index (χ2n) is 8.13. The molecule has 0 saturated heterocycles. The van der Waals surface area contributed by atoms with Crippen molar-refractivity contribution in [1.82, 2.24) is 0 Å². The third kappa shape index (κ3) is 3.34. The van der Waals surface area contributed by atoms with Crippen LogP contribution >= 0.6 is 0 Å². The Kier molecular flexibility index (Phi) is 5.20. The zero-order valence-corrected chi connectivity index (χ0v) is 17.7. The summed E-state index contributed by atoms with van der Waals surface area (Å²) in [5, 5.41) is 20.7. The van der Waals surface area contributed by atoms with Crippen molar-refractivity contribution in [3.63, 3.8) is 0 Å². The maximum absolute atomic E-state index is 13.3. The Labute approximate surface area is 187 Å². The van der Waals surface area contributed by atoms with E-state index in [2.05, 4.69) is 0 Å². The van der Waals surface area contributed by atoms with Gasteiger partial charge in [-0.15, -0.1) is 0 Å². The van der Waals surface area contributed by atoms with Crippen LogP contribution in [0.25, 0.3) is 5.76 Å². The molecule has 4 nitrogen and oxygen atoms in total. The molecule has 3 aromatic carbocycles. The predicted octanol–water partition coefficient (Wildman–Crippen LogP) is 6.24. The molecule has 1 aliphatic heterocycles. The maximum Gasteiger partial charge on any atom is 0.161 e. The maximum atomic E-state index is 13.3. The number of anilines is 1. The van der Waals surface area contributed by atoms with Gasteiger partial charge in [-0.25, -0.2) is 0 Å². The van der Waals surface area contributed by atoms with Gasteiger partial charge in [-0.05, 0) is 30.5 Å². The van der Waals surface area contributed by atoms with Crippen molar-refractivity contribution >= 4 is 23.1 Å². The van der Waals surface area contributed by atoms with E-state index in [-0.39, 0.29) is 17.4 Å². The summed E-state index contributed by atoms with van der Waals surface area (Å²) in [5.74, 6) is -0.145. The number of aliphatic hydroxyl groups is 1. The molecule has 3 aromatic rings. The van der Waals surface area contributed by atoms with Crippen LogP contribution in [-0.2, 0) is 4.79 Å². The molecule has 0 amide bonds. The van der Waals surface area contributed by atoms with Crippen LogP contribution in [0.4, 0.5) is 5.69 Å². The molecular weight excluding hydrogens is 396 g/mol. The lowest BCUT2D eigenvalue weighted by Gasteiger charge is -2.41. The van der Waals surface area contributed by atoms with Crippen molar-refractivity contribution in [2.24, 2.45) is 0 Å². The Morgan fingerprint density at radius 1 is 0.844 bits per heavy atom. The number of carbonyl (C=O) groups excluding carboxylic acids is 1. The molecule has 1 aliphatic carbocycles. The van der Waals surface area contributed by atoms with E-state index in [9.17, 15) is 15.3 Å². The van der Waals surface area contributed by atoms with E-state index in [0.717, 1.165) is 29.8 Å². The fraction of sp³-hybridized carbons (Fsp3) is 0.143. The van der Waals surface area contributed by atoms with Gasteiger partial charge in [-0.3, -0.25) is 15.1 Å². The highest BCUT2D eigenvalue weighted by molar-refractivity contribution is 6.19. The molecule has 0 unspecified atom stereocenters. The van der Waals surface area contributed by atoms with Crippen molar-refractivity contribution < 1.29 is 9.90 Å². The van der Waals surface area contributed by atoms with Crippen molar-refractivity contribution in [3.8, 4) is 0 Å². The first kappa shape index (κ1) is 20.0. The topological polar surface area (TPSA) is 64.4 Å². The zero-order valence-electron chi connectivity index (χ0n) is 17.7. The molecule has 0 aromatic heterocycles. The molecule has 158 valence electrons. The van der Waals surface area contributed by atoms with E-state index >= 15 is 0 Å². The lowest BCUT2D eigenvalue weighted by molar-refractivity contribution is -0.116. The van der Waals surface area contributed by atoms with Gasteiger partial charge in [0.1, 0.15) is 11.6 Å². The highest BCUT2D eigenvalue weighted by Crippen LogP contribution is 2.47. The number of nitrogens with one attached hydrogen (secondary N) is 1. The third-order valence-corrected chi connectivity index (χ3v) is 6.20. The minimum atomic E-state index is -0.480. The Bertz CT molecular complexity index is 1230. The summed E-state index contributed by atoms with van der Waals surface area (Å²) in [6.45, 7) is 0. The van der Waals surface area contributed by atoms with Crippen LogP contribution in [0.5, 0.6) is 0 Å². The molecule has 32 heavy (non-hydrogen) atoms. The number of para-hydroxylation sites is 1. The van der Waals surface area contributed by atoms with Crippen LogP contribution in [-0.4, -0.2) is 16.7 Å². The predicted molar refractivity (Wildman–Crippen MR) is 128 cm³/mol. The van der Waals surface area contributed by atoms with Gasteiger partial charge in [0.2, 0.25) is 0 Å². The number of ketones is 1. The number of hydrogen-bond donors (Lipinski definition) is 2. The third-order valence-electron chi connectivity index (χ3n) is 6.20. The van der Waals surface area contributed by atoms with E-state index in [1.165, 1.54) is 0 Å². The summed E-state index contributed by atoms with van der Waals surface area (Å²) in [5.41, 5.74) is 4.39. The number of amidine groups is 1. The fourth-order valence-electron chi connectivity index (χ4n) is 4.78. The second kappa shape index (κ2) is 8.31. The number of nitrogens with zero attached hydrogens (tertiary/aromatic N) is 1. The van der Waals surface area contributed by atoms with Crippen LogP contribution in [0, 0.1) is 5.41 Å². The lowest BCUT2D eigenvalue weighted by atomic mass is 9.73. The smallest absolute Gasteiger partial charge is 0.161 e. The SMILES string of the molecule is N=C1C(=C(O)c2ccccc2)[C@H](c2ccccc2)C2=C(CCCC2=O)N1c1ccccc1. The Hall–Kier alpha value is -3.92. The van der Waals surface area contributed by atoms with E-state index in [0.29, 0.717) is 23.1 Å². The summed E-state index contributed by atoms with van der Waals surface area (Å²) in [6.07, 6.45) is 1.97. The highest BCUT2D eigenvalue weighted by Gasteiger charge is 2.43. The molecule has 4 heteroatoms. The molecule has 2 aliphatic rings.